The molecule has 0 rings (SSSR count). The fourth-order valence-corrected chi connectivity index (χ4v) is 7.39. The van der Waals surface area contributed by atoms with E-state index in [-0.39, 0.29) is 38.0 Å². The summed E-state index contributed by atoms with van der Waals surface area (Å²) in [7, 11) is 0. The van der Waals surface area contributed by atoms with Gasteiger partial charge in [-0.15, -0.1) is 0 Å². The van der Waals surface area contributed by atoms with Gasteiger partial charge in [0.05, 0.1) is 6.42 Å². The van der Waals surface area contributed by atoms with E-state index in [4.69, 9.17) is 14.2 Å². The number of unbranched alkanes of at least 4 members (excludes halogenated alkanes) is 16. The van der Waals surface area contributed by atoms with Gasteiger partial charge in [0.25, 0.3) is 0 Å². The molecule has 0 saturated carbocycles. The average molecular weight is 994 g/mol. The highest BCUT2D eigenvalue weighted by Gasteiger charge is 2.19. The molecule has 1 unspecified atom stereocenters. The van der Waals surface area contributed by atoms with Crippen molar-refractivity contribution in [3.8, 4) is 0 Å². The maximum Gasteiger partial charge on any atom is 0.309 e. The minimum Gasteiger partial charge on any atom is -0.462 e. The van der Waals surface area contributed by atoms with Crippen molar-refractivity contribution in [2.45, 2.75) is 239 Å². The first-order valence-corrected chi connectivity index (χ1v) is 28.8. The SMILES string of the molecule is CC/C=C\C/C=C\C/C=C\C/C=C\C/C=C\C/C=C\C/C=C\CCCC(=O)OCC(COC(=O)C/C=C\C/C=C\C/C=C\C/C=C\C/C=C\CC)OC(=O)CCCCCCCCCCCCCCCCCC. The number of allylic oxidation sites excluding steroid dienone is 23. The summed E-state index contributed by atoms with van der Waals surface area (Å²) in [5.74, 6) is -1.13. The van der Waals surface area contributed by atoms with Crippen LogP contribution in [0.3, 0.4) is 0 Å². The molecule has 0 aliphatic carbocycles. The van der Waals surface area contributed by atoms with E-state index in [1.54, 1.807) is 6.08 Å². The highest BCUT2D eigenvalue weighted by Crippen LogP contribution is 2.15. The van der Waals surface area contributed by atoms with Crippen LogP contribution in [0.1, 0.15) is 233 Å². The summed E-state index contributed by atoms with van der Waals surface area (Å²) >= 11 is 0. The molecule has 0 aromatic carbocycles. The first kappa shape index (κ1) is 67.3. The summed E-state index contributed by atoms with van der Waals surface area (Å²) in [6.45, 7) is 6.27. The lowest BCUT2D eigenvalue weighted by Gasteiger charge is -2.18. The lowest BCUT2D eigenvalue weighted by Crippen LogP contribution is -2.30. The van der Waals surface area contributed by atoms with E-state index >= 15 is 0 Å². The Bertz CT molecular complexity index is 1610. The predicted molar refractivity (Wildman–Crippen MR) is 311 cm³/mol. The van der Waals surface area contributed by atoms with Crippen molar-refractivity contribution in [3.63, 3.8) is 0 Å². The Hall–Kier alpha value is -4.71. The highest BCUT2D eigenvalue weighted by atomic mass is 16.6. The van der Waals surface area contributed by atoms with Crippen molar-refractivity contribution in [2.75, 3.05) is 13.2 Å². The largest absolute Gasteiger partial charge is 0.462 e. The Morgan fingerprint density at radius 1 is 0.306 bits per heavy atom. The van der Waals surface area contributed by atoms with E-state index in [0.29, 0.717) is 12.8 Å². The number of carbonyl (C=O) groups is 3. The third-order valence-electron chi connectivity index (χ3n) is 11.6. The monoisotopic (exact) mass is 993 g/mol. The second kappa shape index (κ2) is 58.9. The Morgan fingerprint density at radius 3 is 0.958 bits per heavy atom. The molecule has 0 aromatic heterocycles. The molecule has 0 radical (unpaired) electrons. The summed E-state index contributed by atoms with van der Waals surface area (Å²) in [6.07, 6.45) is 84.4. The third kappa shape index (κ3) is 56.2. The van der Waals surface area contributed by atoms with Gasteiger partial charge in [-0.2, -0.15) is 0 Å². The fraction of sp³-hybridized carbons (Fsp3) is 0.591. The van der Waals surface area contributed by atoms with Crippen LogP contribution >= 0.6 is 0 Å². The lowest BCUT2D eigenvalue weighted by molar-refractivity contribution is -0.166. The van der Waals surface area contributed by atoms with E-state index in [1.807, 2.05) is 6.08 Å². The smallest absolute Gasteiger partial charge is 0.309 e. The zero-order valence-electron chi connectivity index (χ0n) is 46.1. The molecule has 0 N–H and O–H groups in total. The van der Waals surface area contributed by atoms with Gasteiger partial charge in [0.1, 0.15) is 13.2 Å². The van der Waals surface area contributed by atoms with Crippen LogP contribution in [-0.2, 0) is 28.6 Å². The first-order chi connectivity index (χ1) is 35.5. The van der Waals surface area contributed by atoms with E-state index in [1.165, 1.54) is 83.5 Å². The molecule has 404 valence electrons. The lowest BCUT2D eigenvalue weighted by atomic mass is 10.0. The average Bonchev–Trinajstić information content (AvgIpc) is 3.38. The van der Waals surface area contributed by atoms with Crippen molar-refractivity contribution < 1.29 is 28.6 Å². The summed E-state index contributed by atoms with van der Waals surface area (Å²) in [6, 6.07) is 0. The summed E-state index contributed by atoms with van der Waals surface area (Å²) < 4.78 is 16.7. The minimum atomic E-state index is -0.846. The van der Waals surface area contributed by atoms with Crippen molar-refractivity contribution in [3.05, 3.63) is 146 Å². The maximum atomic E-state index is 12.9. The van der Waals surface area contributed by atoms with Crippen LogP contribution in [0.15, 0.2) is 146 Å². The molecule has 0 saturated heterocycles. The first-order valence-electron chi connectivity index (χ1n) is 28.8. The van der Waals surface area contributed by atoms with Gasteiger partial charge in [0.2, 0.25) is 0 Å². The van der Waals surface area contributed by atoms with Crippen LogP contribution in [0, 0.1) is 0 Å². The number of hydrogen-bond donors (Lipinski definition) is 0. The maximum absolute atomic E-state index is 12.9. The van der Waals surface area contributed by atoms with E-state index in [0.717, 1.165) is 103 Å². The van der Waals surface area contributed by atoms with Gasteiger partial charge in [-0.3, -0.25) is 14.4 Å². The van der Waals surface area contributed by atoms with E-state index in [9.17, 15) is 14.4 Å². The van der Waals surface area contributed by atoms with Gasteiger partial charge >= 0.3 is 17.9 Å². The van der Waals surface area contributed by atoms with Crippen LogP contribution < -0.4 is 0 Å². The Labute approximate surface area is 442 Å². The van der Waals surface area contributed by atoms with Crippen molar-refractivity contribution in [1.29, 1.82) is 0 Å². The molecule has 0 aliphatic rings. The summed E-state index contributed by atoms with van der Waals surface area (Å²) in [4.78, 5) is 38.1. The van der Waals surface area contributed by atoms with Gasteiger partial charge in [-0.05, 0) is 96.3 Å². The minimum absolute atomic E-state index is 0.112. The normalized spacial score (nSPS) is 13.2. The quantitative estimate of drug-likeness (QED) is 0.0261. The summed E-state index contributed by atoms with van der Waals surface area (Å²) in [5, 5.41) is 0. The van der Waals surface area contributed by atoms with Crippen molar-refractivity contribution >= 4 is 17.9 Å². The van der Waals surface area contributed by atoms with Gasteiger partial charge in [-0.1, -0.05) is 263 Å². The van der Waals surface area contributed by atoms with Crippen LogP contribution in [0.4, 0.5) is 0 Å². The van der Waals surface area contributed by atoms with Crippen molar-refractivity contribution in [1.82, 2.24) is 0 Å². The molecule has 6 heteroatoms. The molecular formula is C66H104O6. The van der Waals surface area contributed by atoms with Gasteiger partial charge in [0, 0.05) is 12.8 Å². The van der Waals surface area contributed by atoms with Crippen LogP contribution in [0.25, 0.3) is 0 Å². The van der Waals surface area contributed by atoms with Crippen molar-refractivity contribution in [2.24, 2.45) is 0 Å². The molecule has 1 atom stereocenters. The summed E-state index contributed by atoms with van der Waals surface area (Å²) in [5.41, 5.74) is 0. The number of carbonyl (C=O) groups excluding carboxylic acids is 3. The highest BCUT2D eigenvalue weighted by molar-refractivity contribution is 5.72. The number of esters is 3. The molecule has 0 amide bonds. The molecule has 0 aromatic rings. The third-order valence-corrected chi connectivity index (χ3v) is 11.6. The number of hydrogen-bond acceptors (Lipinski definition) is 6. The van der Waals surface area contributed by atoms with Gasteiger partial charge in [-0.25, -0.2) is 0 Å². The van der Waals surface area contributed by atoms with Gasteiger partial charge < -0.3 is 14.2 Å². The molecule has 72 heavy (non-hydrogen) atoms. The molecule has 0 bridgehead atoms. The second-order valence-corrected chi connectivity index (χ2v) is 18.5. The number of ether oxygens (including phenoxy) is 3. The van der Waals surface area contributed by atoms with Crippen LogP contribution in [0.5, 0.6) is 0 Å². The molecular weight excluding hydrogens is 889 g/mol. The van der Waals surface area contributed by atoms with Crippen LogP contribution in [-0.4, -0.2) is 37.2 Å². The zero-order valence-corrected chi connectivity index (χ0v) is 46.1. The Balaban J connectivity index is 4.58. The van der Waals surface area contributed by atoms with E-state index in [2.05, 4.69) is 154 Å². The van der Waals surface area contributed by atoms with Gasteiger partial charge in [0.15, 0.2) is 6.10 Å². The standard InChI is InChI=1S/C66H104O6/c1-4-7-10-13-16-19-22-25-28-30-31-32-33-34-35-36-39-41-44-47-50-53-56-59-65(68)71-62-63(61-70-64(67)58-55-52-49-46-43-40-37-27-24-21-18-15-12-9-6-3)72-66(69)60-57-54-51-48-45-42-38-29-26-23-20-17-14-11-8-5-2/h7,9-10,12,16,18-19,21,25,27-28,31-32,34-35,37,39,41,43,46-47,50,52,55,63H,4-6,8,11,13-15,17,20,22-24,26,29-30,33,36,38,40,42,44-45,48-49,51,53-54,56-62H2,1-3H3/b10-7-,12-9-,19-16-,21-18-,28-25-,32-31-,35-34-,37-27-,41-39-,46-43-,50-47-,55-52-. The molecule has 6 nitrogen and oxygen atoms in total. The predicted octanol–water partition coefficient (Wildman–Crippen LogP) is 19.6. The molecule has 0 spiro atoms. The Kier molecular flexibility index (Phi) is 55.0. The topological polar surface area (TPSA) is 78.9 Å². The van der Waals surface area contributed by atoms with E-state index < -0.39 is 12.1 Å². The molecule has 0 heterocycles. The number of rotatable bonds is 50. The molecule has 0 fully saturated rings. The molecule has 0 aliphatic heterocycles. The zero-order chi connectivity index (χ0) is 52.2. The second-order valence-electron chi connectivity index (χ2n) is 18.5. The van der Waals surface area contributed by atoms with Crippen LogP contribution in [0.2, 0.25) is 0 Å². The Morgan fingerprint density at radius 2 is 0.597 bits per heavy atom. The fourth-order valence-electron chi connectivity index (χ4n) is 7.39.